The molecule has 0 aliphatic heterocycles. The SMILES string of the molecule is C=CC=C(O)c1ccccc1Oc1ccccc1. The summed E-state index contributed by atoms with van der Waals surface area (Å²) in [5, 5.41) is 9.89. The van der Waals surface area contributed by atoms with Crippen molar-refractivity contribution in [3.05, 3.63) is 78.9 Å². The third-order valence-electron chi connectivity index (χ3n) is 2.41. The summed E-state index contributed by atoms with van der Waals surface area (Å²) in [5.74, 6) is 1.48. The molecule has 2 aromatic carbocycles. The van der Waals surface area contributed by atoms with Crippen LogP contribution < -0.4 is 4.74 Å². The van der Waals surface area contributed by atoms with Gasteiger partial charge in [-0.3, -0.25) is 0 Å². The Morgan fingerprint density at radius 2 is 1.67 bits per heavy atom. The standard InChI is InChI=1S/C16H14O2/c1-2-8-15(17)14-11-6-7-12-16(14)18-13-9-4-3-5-10-13/h2-12,17H,1H2. The van der Waals surface area contributed by atoms with E-state index in [-0.39, 0.29) is 5.76 Å². The van der Waals surface area contributed by atoms with Crippen molar-refractivity contribution in [2.24, 2.45) is 0 Å². The van der Waals surface area contributed by atoms with Crippen molar-refractivity contribution in [2.75, 3.05) is 0 Å². The van der Waals surface area contributed by atoms with Gasteiger partial charge in [-0.05, 0) is 30.3 Å². The van der Waals surface area contributed by atoms with E-state index in [1.54, 1.807) is 6.07 Å². The molecule has 0 amide bonds. The maximum absolute atomic E-state index is 9.89. The Kier molecular flexibility index (Phi) is 3.82. The summed E-state index contributed by atoms with van der Waals surface area (Å²) in [6, 6.07) is 16.8. The first kappa shape index (κ1) is 12.0. The number of aliphatic hydroxyl groups excluding tert-OH is 1. The summed E-state index contributed by atoms with van der Waals surface area (Å²) in [7, 11) is 0. The summed E-state index contributed by atoms with van der Waals surface area (Å²) in [5.41, 5.74) is 0.640. The van der Waals surface area contributed by atoms with Gasteiger partial charge >= 0.3 is 0 Å². The zero-order valence-electron chi connectivity index (χ0n) is 9.91. The van der Waals surface area contributed by atoms with Gasteiger partial charge in [-0.1, -0.05) is 43.0 Å². The molecule has 0 saturated carbocycles. The molecular weight excluding hydrogens is 224 g/mol. The van der Waals surface area contributed by atoms with Gasteiger partial charge in [0.05, 0.1) is 5.56 Å². The van der Waals surface area contributed by atoms with E-state index < -0.39 is 0 Å². The van der Waals surface area contributed by atoms with Crippen molar-refractivity contribution in [3.8, 4) is 11.5 Å². The summed E-state index contributed by atoms with van der Waals surface area (Å²) in [6.07, 6.45) is 3.07. The van der Waals surface area contributed by atoms with Crippen molar-refractivity contribution in [3.63, 3.8) is 0 Å². The van der Waals surface area contributed by atoms with Crippen LogP contribution in [0.15, 0.2) is 73.3 Å². The third-order valence-corrected chi connectivity index (χ3v) is 2.41. The number of hydrogen-bond donors (Lipinski definition) is 1. The smallest absolute Gasteiger partial charge is 0.138 e. The number of benzene rings is 2. The normalized spacial score (nSPS) is 11.0. The molecule has 0 aromatic heterocycles. The first-order valence-corrected chi connectivity index (χ1v) is 5.65. The lowest BCUT2D eigenvalue weighted by atomic mass is 10.1. The van der Waals surface area contributed by atoms with Crippen LogP contribution in [0.25, 0.3) is 5.76 Å². The van der Waals surface area contributed by atoms with Crippen LogP contribution in [0.3, 0.4) is 0 Å². The highest BCUT2D eigenvalue weighted by Gasteiger charge is 2.07. The Bertz CT molecular complexity index is 556. The Morgan fingerprint density at radius 3 is 2.39 bits per heavy atom. The highest BCUT2D eigenvalue weighted by Crippen LogP contribution is 2.28. The van der Waals surface area contributed by atoms with E-state index in [0.717, 1.165) is 5.75 Å². The zero-order valence-corrected chi connectivity index (χ0v) is 9.91. The second-order valence-corrected chi connectivity index (χ2v) is 3.70. The lowest BCUT2D eigenvalue weighted by molar-refractivity contribution is 0.467. The topological polar surface area (TPSA) is 29.5 Å². The second-order valence-electron chi connectivity index (χ2n) is 3.70. The fraction of sp³-hybridized carbons (Fsp3) is 0. The summed E-state index contributed by atoms with van der Waals surface area (Å²) >= 11 is 0. The molecule has 90 valence electrons. The van der Waals surface area contributed by atoms with E-state index >= 15 is 0 Å². The number of ether oxygens (including phenoxy) is 1. The third kappa shape index (κ3) is 2.80. The van der Waals surface area contributed by atoms with Crippen LogP contribution in [-0.4, -0.2) is 5.11 Å². The van der Waals surface area contributed by atoms with Gasteiger partial charge in [-0.15, -0.1) is 0 Å². The highest BCUT2D eigenvalue weighted by atomic mass is 16.5. The van der Waals surface area contributed by atoms with Gasteiger partial charge in [0.1, 0.15) is 17.3 Å². The average molecular weight is 238 g/mol. The fourth-order valence-corrected chi connectivity index (χ4v) is 1.58. The molecule has 0 fully saturated rings. The van der Waals surface area contributed by atoms with E-state index in [0.29, 0.717) is 11.3 Å². The minimum atomic E-state index is 0.136. The molecule has 2 heteroatoms. The average Bonchev–Trinajstić information content (AvgIpc) is 2.41. The largest absolute Gasteiger partial charge is 0.507 e. The quantitative estimate of drug-likeness (QED) is 0.624. The number of rotatable bonds is 4. The maximum Gasteiger partial charge on any atom is 0.138 e. The molecule has 2 aromatic rings. The monoisotopic (exact) mass is 238 g/mol. The molecular formula is C16H14O2. The first-order valence-electron chi connectivity index (χ1n) is 5.65. The molecule has 18 heavy (non-hydrogen) atoms. The molecule has 2 rings (SSSR count). The summed E-state index contributed by atoms with van der Waals surface area (Å²) in [4.78, 5) is 0. The van der Waals surface area contributed by atoms with Crippen molar-refractivity contribution in [2.45, 2.75) is 0 Å². The molecule has 0 spiro atoms. The minimum Gasteiger partial charge on any atom is -0.507 e. The van der Waals surface area contributed by atoms with Crippen LogP contribution in [0.5, 0.6) is 11.5 Å². The van der Waals surface area contributed by atoms with Crippen molar-refractivity contribution < 1.29 is 9.84 Å². The van der Waals surface area contributed by atoms with Gasteiger partial charge in [0.15, 0.2) is 0 Å². The van der Waals surface area contributed by atoms with Crippen molar-refractivity contribution >= 4 is 5.76 Å². The molecule has 1 N–H and O–H groups in total. The van der Waals surface area contributed by atoms with Gasteiger partial charge in [0.2, 0.25) is 0 Å². The van der Waals surface area contributed by atoms with Gasteiger partial charge in [-0.25, -0.2) is 0 Å². The Balaban J connectivity index is 2.34. The molecule has 0 aliphatic carbocycles. The number of aliphatic hydroxyl groups is 1. The summed E-state index contributed by atoms with van der Waals surface area (Å²) < 4.78 is 5.74. The predicted octanol–water partition coefficient (Wildman–Crippen LogP) is 4.56. The Morgan fingerprint density at radius 1 is 1.00 bits per heavy atom. The number of allylic oxidation sites excluding steroid dienone is 2. The fourth-order valence-electron chi connectivity index (χ4n) is 1.58. The Hall–Kier alpha value is -2.48. The molecule has 0 heterocycles. The predicted molar refractivity (Wildman–Crippen MR) is 73.8 cm³/mol. The van der Waals surface area contributed by atoms with E-state index in [1.807, 2.05) is 48.5 Å². The molecule has 0 aliphatic rings. The van der Waals surface area contributed by atoms with Crippen LogP contribution in [-0.2, 0) is 0 Å². The maximum atomic E-state index is 9.89. The van der Waals surface area contributed by atoms with E-state index in [1.165, 1.54) is 12.2 Å². The lowest BCUT2D eigenvalue weighted by Crippen LogP contribution is -1.90. The van der Waals surface area contributed by atoms with Crippen LogP contribution >= 0.6 is 0 Å². The van der Waals surface area contributed by atoms with E-state index in [4.69, 9.17) is 4.74 Å². The van der Waals surface area contributed by atoms with Crippen LogP contribution in [0.1, 0.15) is 5.56 Å². The zero-order chi connectivity index (χ0) is 12.8. The molecule has 0 saturated heterocycles. The summed E-state index contributed by atoms with van der Waals surface area (Å²) in [6.45, 7) is 3.56. The molecule has 0 unspecified atom stereocenters. The molecule has 0 atom stereocenters. The second kappa shape index (κ2) is 5.73. The lowest BCUT2D eigenvalue weighted by Gasteiger charge is -2.10. The number of para-hydroxylation sites is 2. The van der Waals surface area contributed by atoms with E-state index in [2.05, 4.69) is 6.58 Å². The van der Waals surface area contributed by atoms with E-state index in [9.17, 15) is 5.11 Å². The van der Waals surface area contributed by atoms with Gasteiger partial charge in [0.25, 0.3) is 0 Å². The minimum absolute atomic E-state index is 0.136. The van der Waals surface area contributed by atoms with Crippen LogP contribution in [0.2, 0.25) is 0 Å². The van der Waals surface area contributed by atoms with Gasteiger partial charge < -0.3 is 9.84 Å². The Labute approximate surface area is 106 Å². The molecule has 2 nitrogen and oxygen atoms in total. The molecule has 0 bridgehead atoms. The van der Waals surface area contributed by atoms with Crippen molar-refractivity contribution in [1.82, 2.24) is 0 Å². The highest BCUT2D eigenvalue weighted by molar-refractivity contribution is 5.66. The first-order chi connectivity index (χ1) is 8.81. The van der Waals surface area contributed by atoms with Crippen LogP contribution in [0, 0.1) is 0 Å². The van der Waals surface area contributed by atoms with Crippen LogP contribution in [0.4, 0.5) is 0 Å². The van der Waals surface area contributed by atoms with Gasteiger partial charge in [-0.2, -0.15) is 0 Å². The molecule has 0 radical (unpaired) electrons. The number of hydrogen-bond acceptors (Lipinski definition) is 2. The van der Waals surface area contributed by atoms with Gasteiger partial charge in [0, 0.05) is 0 Å². The van der Waals surface area contributed by atoms with Crippen molar-refractivity contribution in [1.29, 1.82) is 0 Å².